The summed E-state index contributed by atoms with van der Waals surface area (Å²) >= 11 is 3.11. The third-order valence-corrected chi connectivity index (χ3v) is 4.79. The highest BCUT2D eigenvalue weighted by Gasteiger charge is 2.24. The number of carbonyl (C=O) groups excluding carboxylic acids is 1. The minimum atomic E-state index is -1.06. The zero-order valence-corrected chi connectivity index (χ0v) is 13.7. The average molecular weight is 325 g/mol. The first-order valence-corrected chi connectivity index (χ1v) is 8.53. The van der Waals surface area contributed by atoms with Crippen LogP contribution in [-0.4, -0.2) is 22.7 Å². The maximum Gasteiger partial charge on any atom is 0.315 e. The first kappa shape index (κ1) is 15.9. The van der Waals surface area contributed by atoms with Crippen molar-refractivity contribution in [3.63, 3.8) is 0 Å². The van der Waals surface area contributed by atoms with Gasteiger partial charge in [0.25, 0.3) is 0 Å². The summed E-state index contributed by atoms with van der Waals surface area (Å²) in [5.41, 5.74) is 0.601. The molecule has 0 saturated heterocycles. The van der Waals surface area contributed by atoms with E-state index in [1.165, 1.54) is 11.3 Å². The number of hydrogen-bond donors (Lipinski definition) is 3. The number of aromatic nitrogens is 1. The number of nitrogens with zero attached hydrogens (tertiary/aromatic N) is 1. The van der Waals surface area contributed by atoms with E-state index in [4.69, 9.17) is 0 Å². The number of amides is 2. The van der Waals surface area contributed by atoms with E-state index in [-0.39, 0.29) is 12.6 Å². The van der Waals surface area contributed by atoms with Gasteiger partial charge in [0.15, 0.2) is 0 Å². The first-order chi connectivity index (χ1) is 10.0. The van der Waals surface area contributed by atoms with E-state index in [2.05, 4.69) is 22.5 Å². The Kier molecular flexibility index (Phi) is 5.33. The molecule has 2 aromatic rings. The number of aryl methyl sites for hydroxylation is 1. The van der Waals surface area contributed by atoms with Crippen LogP contribution in [0.15, 0.2) is 22.2 Å². The summed E-state index contributed by atoms with van der Waals surface area (Å²) in [5.74, 6) is 0. The lowest BCUT2D eigenvalue weighted by atomic mass is 9.99. The molecule has 0 aliphatic rings. The molecule has 7 heteroatoms. The van der Waals surface area contributed by atoms with Gasteiger partial charge >= 0.3 is 6.03 Å². The van der Waals surface area contributed by atoms with Crippen LogP contribution in [0.4, 0.5) is 4.79 Å². The molecule has 0 radical (unpaired) electrons. The monoisotopic (exact) mass is 325 g/mol. The van der Waals surface area contributed by atoms with E-state index >= 15 is 0 Å². The molecule has 0 aliphatic carbocycles. The number of rotatable bonds is 6. The number of nitrogens with one attached hydrogen (secondary N) is 2. The van der Waals surface area contributed by atoms with Gasteiger partial charge in [0, 0.05) is 5.38 Å². The van der Waals surface area contributed by atoms with Crippen LogP contribution in [0.3, 0.4) is 0 Å². The van der Waals surface area contributed by atoms with Crippen LogP contribution in [0.5, 0.6) is 0 Å². The molecule has 1 unspecified atom stereocenters. The Balaban J connectivity index is 1.77. The van der Waals surface area contributed by atoms with Crippen LogP contribution in [-0.2, 0) is 18.6 Å². The predicted molar refractivity (Wildman–Crippen MR) is 85.6 cm³/mol. The highest BCUT2D eigenvalue weighted by molar-refractivity contribution is 7.09. The molecule has 21 heavy (non-hydrogen) atoms. The van der Waals surface area contributed by atoms with E-state index in [9.17, 15) is 9.90 Å². The van der Waals surface area contributed by atoms with Crippen molar-refractivity contribution in [2.24, 2.45) is 0 Å². The average Bonchev–Trinajstić information content (AvgIpc) is 3.13. The van der Waals surface area contributed by atoms with Crippen LogP contribution in [0, 0.1) is 0 Å². The summed E-state index contributed by atoms with van der Waals surface area (Å²) in [6, 6.07) is 1.54. The van der Waals surface area contributed by atoms with Gasteiger partial charge in [-0.3, -0.25) is 0 Å². The smallest absolute Gasteiger partial charge is 0.315 e. The Hall–Kier alpha value is -1.44. The topological polar surface area (TPSA) is 74.2 Å². The molecule has 0 aliphatic heterocycles. The SMILES string of the molecule is CCc1nc(CNC(=O)NCC(C)(O)c2ccsc2)cs1. The molecule has 114 valence electrons. The molecule has 0 aromatic carbocycles. The zero-order valence-electron chi connectivity index (χ0n) is 12.0. The fourth-order valence-electron chi connectivity index (χ4n) is 1.75. The number of thiazole rings is 1. The van der Waals surface area contributed by atoms with Crippen molar-refractivity contribution in [3.05, 3.63) is 38.5 Å². The van der Waals surface area contributed by atoms with Gasteiger partial charge in [-0.05, 0) is 35.7 Å². The standard InChI is InChI=1S/C14H19N3O2S2/c1-3-12-17-11(8-21-12)6-15-13(18)16-9-14(2,19)10-4-5-20-7-10/h4-5,7-8,19H,3,6,9H2,1-2H3,(H2,15,16,18). The van der Waals surface area contributed by atoms with Gasteiger partial charge in [0.05, 0.1) is 23.8 Å². The number of hydrogen-bond acceptors (Lipinski definition) is 5. The quantitative estimate of drug-likeness (QED) is 0.764. The van der Waals surface area contributed by atoms with Crippen LogP contribution in [0.25, 0.3) is 0 Å². The molecule has 0 spiro atoms. The van der Waals surface area contributed by atoms with E-state index in [1.807, 2.05) is 22.2 Å². The molecule has 0 saturated carbocycles. The van der Waals surface area contributed by atoms with Crippen molar-refractivity contribution >= 4 is 28.7 Å². The highest BCUT2D eigenvalue weighted by Crippen LogP contribution is 2.21. The minimum absolute atomic E-state index is 0.160. The van der Waals surface area contributed by atoms with Gasteiger partial charge in [-0.2, -0.15) is 11.3 Å². The van der Waals surface area contributed by atoms with Crippen molar-refractivity contribution in [2.45, 2.75) is 32.4 Å². The lowest BCUT2D eigenvalue weighted by molar-refractivity contribution is 0.0598. The highest BCUT2D eigenvalue weighted by atomic mass is 32.1. The Morgan fingerprint density at radius 3 is 2.86 bits per heavy atom. The Bertz CT molecular complexity index is 579. The fraction of sp³-hybridized carbons (Fsp3) is 0.429. The van der Waals surface area contributed by atoms with Crippen LogP contribution < -0.4 is 10.6 Å². The van der Waals surface area contributed by atoms with Gasteiger partial charge in [-0.1, -0.05) is 6.92 Å². The second kappa shape index (κ2) is 7.02. The number of carbonyl (C=O) groups is 1. The molecule has 2 amide bonds. The van der Waals surface area contributed by atoms with E-state index in [0.29, 0.717) is 6.54 Å². The lowest BCUT2D eigenvalue weighted by Gasteiger charge is -2.22. The summed E-state index contributed by atoms with van der Waals surface area (Å²) in [5, 5.41) is 22.5. The van der Waals surface area contributed by atoms with Gasteiger partial charge in [-0.25, -0.2) is 9.78 Å². The zero-order chi connectivity index (χ0) is 15.3. The summed E-state index contributed by atoms with van der Waals surface area (Å²) < 4.78 is 0. The second-order valence-corrected chi connectivity index (χ2v) is 6.63. The Labute approximate surface area is 132 Å². The number of aliphatic hydroxyl groups is 1. The molecule has 2 aromatic heterocycles. The maximum absolute atomic E-state index is 11.8. The molecule has 2 rings (SSSR count). The number of urea groups is 1. The van der Waals surface area contributed by atoms with Crippen molar-refractivity contribution < 1.29 is 9.90 Å². The summed E-state index contributed by atoms with van der Waals surface area (Å²) in [4.78, 5) is 16.1. The maximum atomic E-state index is 11.8. The molecule has 3 N–H and O–H groups in total. The summed E-state index contributed by atoms with van der Waals surface area (Å²) in [6.07, 6.45) is 0.903. The molecule has 0 bridgehead atoms. The van der Waals surface area contributed by atoms with Gasteiger partial charge in [0.2, 0.25) is 0 Å². The Morgan fingerprint density at radius 2 is 2.24 bits per heavy atom. The van der Waals surface area contributed by atoms with Crippen molar-refractivity contribution in [1.82, 2.24) is 15.6 Å². The van der Waals surface area contributed by atoms with Crippen molar-refractivity contribution in [2.75, 3.05) is 6.54 Å². The first-order valence-electron chi connectivity index (χ1n) is 6.71. The third-order valence-electron chi connectivity index (χ3n) is 3.07. The van der Waals surface area contributed by atoms with Gasteiger partial charge in [0.1, 0.15) is 5.60 Å². The van der Waals surface area contributed by atoms with E-state index in [0.717, 1.165) is 22.7 Å². The molecule has 5 nitrogen and oxygen atoms in total. The largest absolute Gasteiger partial charge is 0.384 e. The van der Waals surface area contributed by atoms with Crippen LogP contribution in [0.2, 0.25) is 0 Å². The summed E-state index contributed by atoms with van der Waals surface area (Å²) in [7, 11) is 0. The molecule has 1 atom stereocenters. The van der Waals surface area contributed by atoms with Crippen LogP contribution >= 0.6 is 22.7 Å². The van der Waals surface area contributed by atoms with E-state index < -0.39 is 5.60 Å². The van der Waals surface area contributed by atoms with E-state index in [1.54, 1.807) is 18.3 Å². The third kappa shape index (κ3) is 4.52. The summed E-state index contributed by atoms with van der Waals surface area (Å²) in [6.45, 7) is 4.29. The van der Waals surface area contributed by atoms with Gasteiger partial charge in [-0.15, -0.1) is 11.3 Å². The minimum Gasteiger partial charge on any atom is -0.384 e. The lowest BCUT2D eigenvalue weighted by Crippen LogP contribution is -2.43. The van der Waals surface area contributed by atoms with Crippen molar-refractivity contribution in [1.29, 1.82) is 0 Å². The normalized spacial score (nSPS) is 13.7. The van der Waals surface area contributed by atoms with Gasteiger partial charge < -0.3 is 15.7 Å². The predicted octanol–water partition coefficient (Wildman–Crippen LogP) is 2.47. The van der Waals surface area contributed by atoms with Crippen LogP contribution in [0.1, 0.15) is 30.1 Å². The second-order valence-electron chi connectivity index (χ2n) is 4.91. The fourth-order valence-corrected chi connectivity index (χ4v) is 3.28. The Morgan fingerprint density at radius 1 is 1.43 bits per heavy atom. The molecular formula is C14H19N3O2S2. The molecule has 2 heterocycles. The molecule has 0 fully saturated rings. The molecular weight excluding hydrogens is 306 g/mol. The number of thiophene rings is 1. The van der Waals surface area contributed by atoms with Crippen molar-refractivity contribution in [3.8, 4) is 0 Å².